The van der Waals surface area contributed by atoms with Gasteiger partial charge in [0.2, 0.25) is 0 Å². The summed E-state index contributed by atoms with van der Waals surface area (Å²) in [6.45, 7) is 1.24. The Balaban J connectivity index is 1.38. The number of hydrogen-bond acceptors (Lipinski definition) is 6. The lowest BCUT2D eigenvalue weighted by Crippen LogP contribution is -2.66. The highest BCUT2D eigenvalue weighted by molar-refractivity contribution is 5.89. The first-order valence-electron chi connectivity index (χ1n) is 12.1. The number of nitrogens with two attached hydrogens (primary N) is 1. The maximum absolute atomic E-state index is 14.8. The molecule has 2 aromatic carbocycles. The largest absolute Gasteiger partial charge is 0.383 e. The summed E-state index contributed by atoms with van der Waals surface area (Å²) in [4.78, 5) is 18.9. The van der Waals surface area contributed by atoms with Crippen LogP contribution in [0.1, 0.15) is 16.8 Å². The van der Waals surface area contributed by atoms with Gasteiger partial charge in [-0.3, -0.25) is 4.98 Å². The van der Waals surface area contributed by atoms with Gasteiger partial charge in [-0.15, -0.1) is 0 Å². The number of piperidine rings is 2. The summed E-state index contributed by atoms with van der Waals surface area (Å²) in [5, 5.41) is 27.2. The molecule has 1 aromatic heterocycles. The molecule has 3 heterocycles. The van der Waals surface area contributed by atoms with E-state index in [0.29, 0.717) is 29.9 Å². The molecule has 2 saturated heterocycles. The number of nitrogens with zero attached hydrogens (tertiary/aromatic N) is 3. The van der Waals surface area contributed by atoms with Gasteiger partial charge in [0.15, 0.2) is 0 Å². The number of carbonyl (C=O) groups is 1. The Hall–Kier alpha value is -3.98. The van der Waals surface area contributed by atoms with Gasteiger partial charge in [0.05, 0.1) is 17.3 Å². The second kappa shape index (κ2) is 10.1. The van der Waals surface area contributed by atoms with E-state index >= 15 is 0 Å². The van der Waals surface area contributed by atoms with Crippen molar-refractivity contribution in [3.05, 3.63) is 82.9 Å². The summed E-state index contributed by atoms with van der Waals surface area (Å²) < 4.78 is 41.9. The van der Waals surface area contributed by atoms with Gasteiger partial charge in [-0.1, -0.05) is 6.07 Å². The highest BCUT2D eigenvalue weighted by Gasteiger charge is 2.53. The van der Waals surface area contributed by atoms with E-state index in [1.165, 1.54) is 23.2 Å². The molecule has 2 aliphatic rings. The molecule has 196 valence electrons. The molecule has 0 radical (unpaired) electrons. The number of aromatic nitrogens is 1. The molecule has 3 atom stereocenters. The van der Waals surface area contributed by atoms with Gasteiger partial charge < -0.3 is 26.4 Å². The van der Waals surface area contributed by atoms with E-state index in [1.54, 1.807) is 12.1 Å². The van der Waals surface area contributed by atoms with Crippen molar-refractivity contribution in [3.8, 4) is 17.2 Å². The molecule has 0 spiro atoms. The summed E-state index contributed by atoms with van der Waals surface area (Å²) in [6, 6.07) is 10.3. The van der Waals surface area contributed by atoms with Gasteiger partial charge in [-0.05, 0) is 35.9 Å². The van der Waals surface area contributed by atoms with Crippen molar-refractivity contribution in [1.82, 2.24) is 15.2 Å². The van der Waals surface area contributed by atoms with Crippen LogP contribution in [0, 0.1) is 40.6 Å². The van der Waals surface area contributed by atoms with Crippen LogP contribution in [-0.2, 0) is 12.1 Å². The Morgan fingerprint density at radius 1 is 1.16 bits per heavy atom. The Bertz CT molecular complexity index is 1390. The fourth-order valence-electron chi connectivity index (χ4n) is 5.44. The van der Waals surface area contributed by atoms with E-state index in [4.69, 9.17) is 5.73 Å². The zero-order chi connectivity index (χ0) is 27.0. The van der Waals surface area contributed by atoms with Crippen LogP contribution < -0.4 is 16.4 Å². The number of aliphatic hydroxyl groups is 1. The molecule has 8 nitrogen and oxygen atoms in total. The number of amides is 2. The van der Waals surface area contributed by atoms with Crippen molar-refractivity contribution in [2.45, 2.75) is 12.1 Å². The van der Waals surface area contributed by atoms with E-state index < -0.39 is 40.9 Å². The lowest BCUT2D eigenvalue weighted by atomic mass is 9.68. The van der Waals surface area contributed by atoms with Crippen LogP contribution in [0.5, 0.6) is 0 Å². The maximum atomic E-state index is 14.8. The number of pyridine rings is 1. The van der Waals surface area contributed by atoms with Crippen LogP contribution in [0.4, 0.5) is 23.7 Å². The fraction of sp³-hybridized carbons (Fsp3) is 0.296. The van der Waals surface area contributed by atoms with Crippen LogP contribution in [0.25, 0.3) is 11.1 Å². The number of rotatable bonds is 4. The SMILES string of the molecule is N#Cc1cc(CN)cc(F)c1-c1ccc([C@]2(O)[C@@H]3CNC[C@H]2CN(C(=O)Nc2cc(F)cc(F)c2)C3)nc1. The second-order valence-corrected chi connectivity index (χ2v) is 9.62. The Morgan fingerprint density at radius 3 is 2.42 bits per heavy atom. The minimum atomic E-state index is -1.37. The van der Waals surface area contributed by atoms with Crippen molar-refractivity contribution < 1.29 is 23.1 Å². The zero-order valence-corrected chi connectivity index (χ0v) is 20.2. The molecule has 38 heavy (non-hydrogen) atoms. The van der Waals surface area contributed by atoms with Crippen molar-refractivity contribution >= 4 is 11.7 Å². The smallest absolute Gasteiger partial charge is 0.321 e. The van der Waals surface area contributed by atoms with E-state index in [1.807, 2.05) is 6.07 Å². The van der Waals surface area contributed by atoms with Gasteiger partial charge in [0, 0.05) is 73.6 Å². The molecule has 2 fully saturated rings. The molecule has 2 bridgehead atoms. The molecule has 2 amide bonds. The predicted molar refractivity (Wildman–Crippen MR) is 133 cm³/mol. The van der Waals surface area contributed by atoms with Gasteiger partial charge in [0.1, 0.15) is 23.1 Å². The highest BCUT2D eigenvalue weighted by Crippen LogP contribution is 2.43. The maximum Gasteiger partial charge on any atom is 0.321 e. The zero-order valence-electron chi connectivity index (χ0n) is 20.2. The first-order valence-corrected chi connectivity index (χ1v) is 12.1. The molecule has 3 aromatic rings. The van der Waals surface area contributed by atoms with E-state index in [9.17, 15) is 28.3 Å². The second-order valence-electron chi connectivity index (χ2n) is 9.62. The van der Waals surface area contributed by atoms with Gasteiger partial charge in [-0.25, -0.2) is 18.0 Å². The van der Waals surface area contributed by atoms with Gasteiger partial charge in [0.25, 0.3) is 0 Å². The molecule has 5 rings (SSSR count). The average Bonchev–Trinajstić information content (AvgIpc) is 2.87. The third kappa shape index (κ3) is 4.58. The lowest BCUT2D eigenvalue weighted by molar-refractivity contribution is -0.132. The molecule has 11 heteroatoms. The number of fused-ring (bicyclic) bond motifs is 2. The Labute approximate surface area is 216 Å². The first-order chi connectivity index (χ1) is 18.2. The van der Waals surface area contributed by atoms with Crippen molar-refractivity contribution in [1.29, 1.82) is 5.26 Å². The van der Waals surface area contributed by atoms with E-state index in [-0.39, 0.29) is 36.4 Å². The molecule has 0 aliphatic carbocycles. The summed E-state index contributed by atoms with van der Waals surface area (Å²) in [6.07, 6.45) is 1.43. The average molecular weight is 523 g/mol. The number of carbonyl (C=O) groups excluding carboxylic acids is 1. The summed E-state index contributed by atoms with van der Waals surface area (Å²) in [5.74, 6) is -3.06. The molecule has 5 N–H and O–H groups in total. The number of benzene rings is 2. The number of urea groups is 1. The third-order valence-electron chi connectivity index (χ3n) is 7.28. The quantitative estimate of drug-likeness (QED) is 0.417. The van der Waals surface area contributed by atoms with E-state index in [0.717, 1.165) is 18.2 Å². The van der Waals surface area contributed by atoms with Crippen LogP contribution in [0.15, 0.2) is 48.7 Å². The number of likely N-dealkylation sites (tertiary alicyclic amines) is 1. The van der Waals surface area contributed by atoms with Gasteiger partial charge in [-0.2, -0.15) is 5.26 Å². The number of anilines is 1. The number of hydrogen-bond donors (Lipinski definition) is 4. The molecule has 2 aliphatic heterocycles. The summed E-state index contributed by atoms with van der Waals surface area (Å²) in [5.41, 5.74) is 5.73. The van der Waals surface area contributed by atoms with Gasteiger partial charge >= 0.3 is 6.03 Å². The van der Waals surface area contributed by atoms with Crippen molar-refractivity contribution in [2.24, 2.45) is 17.6 Å². The fourth-order valence-corrected chi connectivity index (χ4v) is 5.44. The van der Waals surface area contributed by atoms with Crippen LogP contribution in [0.3, 0.4) is 0 Å². The van der Waals surface area contributed by atoms with Crippen molar-refractivity contribution in [3.63, 3.8) is 0 Å². The highest BCUT2D eigenvalue weighted by atomic mass is 19.1. The molecular weight excluding hydrogens is 497 g/mol. The first kappa shape index (κ1) is 25.7. The van der Waals surface area contributed by atoms with Crippen LogP contribution in [-0.4, -0.2) is 47.2 Å². The standard InChI is InChI=1S/C27H25F3N6O2/c28-20-5-21(29)7-22(6-20)35-26(37)36-13-18-11-33-12-19(14-36)27(18,38)24-2-1-16(10-34-24)25-17(9-32)3-15(8-31)4-23(25)30/h1-7,10,18-19,33,38H,8,11-14,31H2,(H,35,37)/t18-,19+,27+. The van der Waals surface area contributed by atoms with E-state index in [2.05, 4.69) is 15.6 Å². The topological polar surface area (TPSA) is 127 Å². The monoisotopic (exact) mass is 522 g/mol. The Morgan fingerprint density at radius 2 is 1.84 bits per heavy atom. The number of halogens is 3. The summed E-state index contributed by atoms with van der Waals surface area (Å²) in [7, 11) is 0. The number of nitriles is 1. The Kier molecular flexibility index (Phi) is 6.79. The van der Waals surface area contributed by atoms with Crippen LogP contribution in [0.2, 0.25) is 0 Å². The molecule has 0 unspecified atom stereocenters. The minimum Gasteiger partial charge on any atom is -0.383 e. The third-order valence-corrected chi connectivity index (χ3v) is 7.28. The molecular formula is C27H25F3N6O2. The van der Waals surface area contributed by atoms with Crippen LogP contribution >= 0.6 is 0 Å². The number of nitrogens with one attached hydrogen (secondary N) is 2. The minimum absolute atomic E-state index is 0.00246. The van der Waals surface area contributed by atoms with Crippen molar-refractivity contribution in [2.75, 3.05) is 31.5 Å². The summed E-state index contributed by atoms with van der Waals surface area (Å²) >= 11 is 0. The molecule has 0 saturated carbocycles. The normalized spacial score (nSPS) is 22.6. The predicted octanol–water partition coefficient (Wildman–Crippen LogP) is 3.07. The lowest BCUT2D eigenvalue weighted by Gasteiger charge is -2.52.